The summed E-state index contributed by atoms with van der Waals surface area (Å²) in [5, 5.41) is 11.1. The van der Waals surface area contributed by atoms with E-state index >= 15 is 0 Å². The zero-order valence-electron chi connectivity index (χ0n) is 24.2. The van der Waals surface area contributed by atoms with Crippen molar-refractivity contribution in [1.29, 1.82) is 0 Å². The van der Waals surface area contributed by atoms with Crippen molar-refractivity contribution < 1.29 is 26.4 Å². The second-order valence-corrected chi connectivity index (χ2v) is 13.5. The lowest BCUT2D eigenvalue weighted by Gasteiger charge is -2.33. The normalized spacial score (nSPS) is 21.7. The van der Waals surface area contributed by atoms with Crippen LogP contribution in [0, 0.1) is 0 Å². The Labute approximate surface area is 254 Å². The molecule has 1 aliphatic carbocycles. The number of hydrogen-bond acceptors (Lipinski definition) is 7. The molecule has 0 bridgehead atoms. The third-order valence-corrected chi connectivity index (χ3v) is 10.3. The Morgan fingerprint density at radius 3 is 2.64 bits per heavy atom. The van der Waals surface area contributed by atoms with Crippen LogP contribution in [-0.4, -0.2) is 82.7 Å². The lowest BCUT2D eigenvalue weighted by atomic mass is 9.86. The molecular formula is C30H34F3N7O3S. The number of hydrogen-bond donors (Lipinski definition) is 1. The van der Waals surface area contributed by atoms with Crippen LogP contribution < -0.4 is 5.32 Å². The van der Waals surface area contributed by atoms with Crippen LogP contribution in [0.15, 0.2) is 66.0 Å². The van der Waals surface area contributed by atoms with Crippen LogP contribution >= 0.6 is 0 Å². The van der Waals surface area contributed by atoms with E-state index in [-0.39, 0.29) is 12.5 Å². The van der Waals surface area contributed by atoms with Gasteiger partial charge in [-0.05, 0) is 61.2 Å². The predicted molar refractivity (Wildman–Crippen MR) is 156 cm³/mol. The van der Waals surface area contributed by atoms with Crippen LogP contribution in [0.25, 0.3) is 0 Å². The van der Waals surface area contributed by atoms with Crippen LogP contribution in [0.2, 0.25) is 0 Å². The number of aryl methyl sites for hydroxylation is 1. The van der Waals surface area contributed by atoms with Crippen LogP contribution in [0.3, 0.4) is 0 Å². The van der Waals surface area contributed by atoms with E-state index in [4.69, 9.17) is 0 Å². The number of aromatic nitrogens is 3. The first kappa shape index (κ1) is 30.3. The average Bonchev–Trinajstić information content (AvgIpc) is 3.47. The SMILES string of the molecule is CN1CCN(Cc2ccc3c(c2)CCC[C@H]3n2cc(C[C@@H]3C(=O)NC=CN3S(=O)(=O)c3cccc(C(F)(F)F)c3)nn2)CC1. The Morgan fingerprint density at radius 2 is 1.86 bits per heavy atom. The molecule has 3 aliphatic rings. The number of sulfonamides is 1. The second kappa shape index (κ2) is 12.0. The molecule has 234 valence electrons. The van der Waals surface area contributed by atoms with Gasteiger partial charge in [-0.2, -0.15) is 13.2 Å². The molecule has 1 fully saturated rings. The molecule has 0 spiro atoms. The third kappa shape index (κ3) is 6.24. The molecule has 3 heterocycles. The monoisotopic (exact) mass is 629 g/mol. The summed E-state index contributed by atoms with van der Waals surface area (Å²) < 4.78 is 69.3. The maximum atomic E-state index is 13.5. The van der Waals surface area contributed by atoms with Gasteiger partial charge < -0.3 is 10.2 Å². The molecule has 0 radical (unpaired) electrons. The average molecular weight is 630 g/mol. The summed E-state index contributed by atoms with van der Waals surface area (Å²) in [6.45, 7) is 5.14. The van der Waals surface area contributed by atoms with Crippen molar-refractivity contribution in [3.8, 4) is 0 Å². The second-order valence-electron chi connectivity index (χ2n) is 11.6. The molecule has 6 rings (SSSR count). The Morgan fingerprint density at radius 1 is 1.07 bits per heavy atom. The summed E-state index contributed by atoms with van der Waals surface area (Å²) in [4.78, 5) is 17.1. The van der Waals surface area contributed by atoms with E-state index in [1.54, 1.807) is 10.9 Å². The molecule has 10 nitrogen and oxygen atoms in total. The van der Waals surface area contributed by atoms with Crippen molar-refractivity contribution >= 4 is 15.9 Å². The number of likely N-dealkylation sites (N-methyl/N-ethyl adjacent to an activating group) is 1. The van der Waals surface area contributed by atoms with E-state index in [9.17, 15) is 26.4 Å². The molecule has 1 saturated heterocycles. The van der Waals surface area contributed by atoms with E-state index < -0.39 is 38.6 Å². The molecule has 1 N–H and O–H groups in total. The molecule has 1 amide bonds. The van der Waals surface area contributed by atoms with Crippen molar-refractivity contribution in [2.24, 2.45) is 0 Å². The maximum absolute atomic E-state index is 13.5. The number of rotatable bonds is 7. The standard InChI is InChI=1S/C30H34F3N7O3S/c1-37-12-14-38(15-13-37)19-21-8-9-26-22(16-21)4-2-7-27(26)39-20-24(35-36-39)18-28-29(41)34-10-11-40(28)44(42,43)25-6-3-5-23(17-25)30(31,32)33/h3,5-6,8-11,16-17,20,27-28H,2,4,7,12-15,18-19H2,1H3,(H,34,41)/t27-,28-/m1/s1. The molecule has 3 aromatic rings. The number of fused-ring (bicyclic) bond motifs is 1. The van der Waals surface area contributed by atoms with Crippen LogP contribution in [0.4, 0.5) is 13.2 Å². The van der Waals surface area contributed by atoms with Gasteiger partial charge in [0.2, 0.25) is 5.91 Å². The van der Waals surface area contributed by atoms with Gasteiger partial charge in [0.15, 0.2) is 0 Å². The first-order valence-corrected chi connectivity index (χ1v) is 16.0. The van der Waals surface area contributed by atoms with Gasteiger partial charge in [-0.15, -0.1) is 5.10 Å². The number of nitrogens with one attached hydrogen (secondary N) is 1. The fourth-order valence-corrected chi connectivity index (χ4v) is 7.63. The molecule has 2 atom stereocenters. The summed E-state index contributed by atoms with van der Waals surface area (Å²) in [6, 6.07) is 8.77. The summed E-state index contributed by atoms with van der Waals surface area (Å²) in [5.74, 6) is -0.617. The first-order chi connectivity index (χ1) is 21.0. The highest BCUT2D eigenvalue weighted by molar-refractivity contribution is 7.89. The van der Waals surface area contributed by atoms with Crippen molar-refractivity contribution in [1.82, 2.24) is 34.4 Å². The van der Waals surface area contributed by atoms with Gasteiger partial charge in [0.1, 0.15) is 6.04 Å². The lowest BCUT2D eigenvalue weighted by Crippen LogP contribution is -2.50. The van der Waals surface area contributed by atoms with Gasteiger partial charge in [0.25, 0.3) is 10.0 Å². The van der Waals surface area contributed by atoms with Crippen molar-refractivity contribution in [2.75, 3.05) is 33.2 Å². The number of carbonyl (C=O) groups is 1. The molecule has 1 aromatic heterocycles. The van der Waals surface area contributed by atoms with Gasteiger partial charge in [0.05, 0.1) is 22.2 Å². The Bertz CT molecular complexity index is 1670. The van der Waals surface area contributed by atoms with Gasteiger partial charge in [-0.1, -0.05) is 29.5 Å². The zero-order valence-corrected chi connectivity index (χ0v) is 25.1. The van der Waals surface area contributed by atoms with E-state index in [1.807, 2.05) is 0 Å². The Kier molecular flexibility index (Phi) is 8.24. The summed E-state index contributed by atoms with van der Waals surface area (Å²) >= 11 is 0. The van der Waals surface area contributed by atoms with Crippen molar-refractivity contribution in [2.45, 2.75) is 55.4 Å². The molecular weight excluding hydrogens is 595 g/mol. The van der Waals surface area contributed by atoms with E-state index in [0.717, 1.165) is 86.9 Å². The van der Waals surface area contributed by atoms with Gasteiger partial charge in [-0.3, -0.25) is 14.0 Å². The fourth-order valence-electron chi connectivity index (χ4n) is 6.13. The van der Waals surface area contributed by atoms with Crippen LogP contribution in [0.5, 0.6) is 0 Å². The number of piperazine rings is 1. The Hall–Kier alpha value is -3.75. The number of amides is 1. The van der Waals surface area contributed by atoms with E-state index in [1.165, 1.54) is 16.7 Å². The molecule has 0 saturated carbocycles. The maximum Gasteiger partial charge on any atom is 0.416 e. The van der Waals surface area contributed by atoms with Crippen molar-refractivity contribution in [3.05, 3.63) is 89.0 Å². The first-order valence-electron chi connectivity index (χ1n) is 14.6. The van der Waals surface area contributed by atoms with E-state index in [0.29, 0.717) is 11.8 Å². The van der Waals surface area contributed by atoms with Crippen LogP contribution in [-0.2, 0) is 40.4 Å². The zero-order chi connectivity index (χ0) is 31.1. The summed E-state index contributed by atoms with van der Waals surface area (Å²) in [6.07, 6.45) is 1.99. The molecule has 0 unspecified atom stereocenters. The minimum Gasteiger partial charge on any atom is -0.329 e. The van der Waals surface area contributed by atoms with Gasteiger partial charge >= 0.3 is 6.18 Å². The number of nitrogens with zero attached hydrogens (tertiary/aromatic N) is 6. The topological polar surface area (TPSA) is 104 Å². The molecule has 2 aromatic carbocycles. The number of benzene rings is 2. The summed E-state index contributed by atoms with van der Waals surface area (Å²) in [5.41, 5.74) is 3.03. The largest absolute Gasteiger partial charge is 0.416 e. The third-order valence-electron chi connectivity index (χ3n) is 8.57. The highest BCUT2D eigenvalue weighted by Crippen LogP contribution is 2.34. The summed E-state index contributed by atoms with van der Waals surface area (Å²) in [7, 11) is -2.35. The van der Waals surface area contributed by atoms with Gasteiger partial charge in [-0.25, -0.2) is 13.1 Å². The quantitative estimate of drug-likeness (QED) is 0.429. The number of alkyl halides is 3. The Balaban J connectivity index is 1.20. The fraction of sp³-hybridized carbons (Fsp3) is 0.433. The van der Waals surface area contributed by atoms with E-state index in [2.05, 4.69) is 50.7 Å². The molecule has 44 heavy (non-hydrogen) atoms. The van der Waals surface area contributed by atoms with Crippen LogP contribution in [0.1, 0.15) is 46.8 Å². The number of carbonyl (C=O) groups excluding carboxylic acids is 1. The lowest BCUT2D eigenvalue weighted by molar-refractivity contribution is -0.137. The highest BCUT2D eigenvalue weighted by atomic mass is 32.2. The molecule has 14 heteroatoms. The molecule has 2 aliphatic heterocycles. The minimum absolute atomic E-state index is 0.0530. The predicted octanol–water partition coefficient (Wildman–Crippen LogP) is 3.17. The smallest absolute Gasteiger partial charge is 0.329 e. The van der Waals surface area contributed by atoms with Gasteiger partial charge in [0, 0.05) is 57.7 Å². The van der Waals surface area contributed by atoms with Crippen molar-refractivity contribution in [3.63, 3.8) is 0 Å². The highest BCUT2D eigenvalue weighted by Gasteiger charge is 2.38. The minimum atomic E-state index is -4.72. The number of halogens is 3.